The maximum absolute atomic E-state index is 12.4. The molecular weight excluding hydrogens is 316 g/mol. The number of benzene rings is 2. The van der Waals surface area contributed by atoms with E-state index in [1.807, 2.05) is 48.5 Å². The van der Waals surface area contributed by atoms with Crippen LogP contribution in [-0.4, -0.2) is 24.3 Å². The Hall–Kier alpha value is -2.82. The van der Waals surface area contributed by atoms with Gasteiger partial charge in [0.2, 0.25) is 6.10 Å². The van der Waals surface area contributed by atoms with Gasteiger partial charge in [-0.1, -0.05) is 55.8 Å². The van der Waals surface area contributed by atoms with Crippen LogP contribution in [0.2, 0.25) is 0 Å². The van der Waals surface area contributed by atoms with Crippen LogP contribution in [0.15, 0.2) is 59.7 Å². The molecule has 25 heavy (non-hydrogen) atoms. The minimum absolute atomic E-state index is 0.175. The molecule has 2 aromatic rings. The van der Waals surface area contributed by atoms with Crippen molar-refractivity contribution in [1.29, 1.82) is 0 Å². The third-order valence-corrected chi connectivity index (χ3v) is 3.98. The van der Waals surface area contributed by atoms with E-state index in [1.54, 1.807) is 6.07 Å². The largest absolute Gasteiger partial charge is 0.485 e. The van der Waals surface area contributed by atoms with E-state index in [0.29, 0.717) is 11.5 Å². The van der Waals surface area contributed by atoms with Crippen LogP contribution in [0.4, 0.5) is 0 Å². The molecule has 2 aromatic carbocycles. The highest BCUT2D eigenvalue weighted by Gasteiger charge is 2.27. The zero-order chi connectivity index (χ0) is 17.5. The number of carbonyl (C=O) groups excluding carboxylic acids is 1. The van der Waals surface area contributed by atoms with Gasteiger partial charge in [0.25, 0.3) is 5.91 Å². The van der Waals surface area contributed by atoms with Crippen LogP contribution >= 0.6 is 0 Å². The van der Waals surface area contributed by atoms with Gasteiger partial charge in [-0.15, -0.1) is 0 Å². The van der Waals surface area contributed by atoms with Crippen LogP contribution in [-0.2, 0) is 4.79 Å². The molecule has 1 atom stereocenters. The second kappa shape index (κ2) is 8.33. The van der Waals surface area contributed by atoms with Crippen molar-refractivity contribution in [2.75, 3.05) is 6.61 Å². The van der Waals surface area contributed by atoms with Gasteiger partial charge in [-0.05, 0) is 30.5 Å². The highest BCUT2D eigenvalue weighted by molar-refractivity contribution is 6.01. The molecule has 5 heteroatoms. The molecule has 3 rings (SSSR count). The van der Waals surface area contributed by atoms with E-state index < -0.39 is 6.10 Å². The minimum Gasteiger partial charge on any atom is -0.485 e. The lowest BCUT2D eigenvalue weighted by molar-refractivity contribution is -0.130. The summed E-state index contributed by atoms with van der Waals surface area (Å²) in [6.45, 7) is 2.31. The van der Waals surface area contributed by atoms with Gasteiger partial charge in [0.05, 0.1) is 5.71 Å². The Bertz CT molecular complexity index is 744. The number of nitrogens with one attached hydrogen (secondary N) is 1. The van der Waals surface area contributed by atoms with Gasteiger partial charge in [0.15, 0.2) is 11.5 Å². The Balaban J connectivity index is 1.67. The van der Waals surface area contributed by atoms with Gasteiger partial charge in [-0.25, -0.2) is 5.43 Å². The fraction of sp³-hybridized carbons (Fsp3) is 0.300. The first-order valence-electron chi connectivity index (χ1n) is 8.58. The lowest BCUT2D eigenvalue weighted by atomic mass is 10.1. The number of nitrogens with zero attached hydrogens (tertiary/aromatic N) is 1. The second-order valence-electron chi connectivity index (χ2n) is 5.87. The summed E-state index contributed by atoms with van der Waals surface area (Å²) in [5, 5.41) is 4.34. The van der Waals surface area contributed by atoms with Crippen molar-refractivity contribution < 1.29 is 14.3 Å². The molecule has 1 N–H and O–H groups in total. The first kappa shape index (κ1) is 17.0. The number of hydrazone groups is 1. The van der Waals surface area contributed by atoms with Gasteiger partial charge in [-0.2, -0.15) is 5.10 Å². The number of unbranched alkanes of at least 4 members (excludes halogenated alkanes) is 1. The molecule has 0 spiro atoms. The fourth-order valence-corrected chi connectivity index (χ4v) is 2.58. The van der Waals surface area contributed by atoms with Crippen LogP contribution in [0.25, 0.3) is 0 Å². The van der Waals surface area contributed by atoms with E-state index >= 15 is 0 Å². The lowest BCUT2D eigenvalue weighted by Crippen LogP contribution is -2.42. The van der Waals surface area contributed by atoms with E-state index in [2.05, 4.69) is 17.5 Å². The van der Waals surface area contributed by atoms with Gasteiger partial charge in [-0.3, -0.25) is 4.79 Å². The summed E-state index contributed by atoms with van der Waals surface area (Å²) in [6, 6.07) is 17.2. The summed E-state index contributed by atoms with van der Waals surface area (Å²) >= 11 is 0. The molecule has 0 saturated heterocycles. The molecule has 0 saturated carbocycles. The van der Waals surface area contributed by atoms with E-state index in [1.165, 1.54) is 0 Å². The maximum atomic E-state index is 12.4. The van der Waals surface area contributed by atoms with Crippen LogP contribution < -0.4 is 14.9 Å². The average molecular weight is 338 g/mol. The predicted molar refractivity (Wildman–Crippen MR) is 97.0 cm³/mol. The number of fused-ring (bicyclic) bond motifs is 1. The number of amides is 1. The molecule has 1 aliphatic heterocycles. The Kier molecular flexibility index (Phi) is 5.67. The van der Waals surface area contributed by atoms with Crippen molar-refractivity contribution >= 4 is 11.6 Å². The first-order valence-corrected chi connectivity index (χ1v) is 8.58. The average Bonchev–Trinajstić information content (AvgIpc) is 2.68. The number of rotatable bonds is 6. The summed E-state index contributed by atoms with van der Waals surface area (Å²) < 4.78 is 11.3. The number of hydrogen-bond donors (Lipinski definition) is 1. The molecule has 1 heterocycles. The van der Waals surface area contributed by atoms with Crippen molar-refractivity contribution in [1.82, 2.24) is 5.43 Å². The van der Waals surface area contributed by atoms with Crippen LogP contribution in [0.3, 0.4) is 0 Å². The van der Waals surface area contributed by atoms with Crippen LogP contribution in [0, 0.1) is 0 Å². The Morgan fingerprint density at radius 3 is 2.60 bits per heavy atom. The van der Waals surface area contributed by atoms with Crippen molar-refractivity contribution in [3.05, 3.63) is 60.2 Å². The Morgan fingerprint density at radius 2 is 1.84 bits per heavy atom. The van der Waals surface area contributed by atoms with Gasteiger partial charge >= 0.3 is 0 Å². The van der Waals surface area contributed by atoms with Crippen molar-refractivity contribution in [3.8, 4) is 11.5 Å². The van der Waals surface area contributed by atoms with E-state index in [-0.39, 0.29) is 12.5 Å². The summed E-state index contributed by atoms with van der Waals surface area (Å²) in [5.41, 5.74) is 4.52. The summed E-state index contributed by atoms with van der Waals surface area (Å²) in [6.07, 6.45) is 2.18. The molecule has 130 valence electrons. The normalized spacial score (nSPS) is 16.4. The predicted octanol–water partition coefficient (Wildman–Crippen LogP) is 3.54. The highest BCUT2D eigenvalue weighted by atomic mass is 16.6. The van der Waals surface area contributed by atoms with Gasteiger partial charge in [0, 0.05) is 0 Å². The maximum Gasteiger partial charge on any atom is 0.284 e. The van der Waals surface area contributed by atoms with Gasteiger partial charge in [0.1, 0.15) is 6.61 Å². The van der Waals surface area contributed by atoms with Crippen molar-refractivity contribution in [3.63, 3.8) is 0 Å². The second-order valence-corrected chi connectivity index (χ2v) is 5.87. The molecule has 0 bridgehead atoms. The number of para-hydroxylation sites is 2. The molecule has 1 unspecified atom stereocenters. The highest BCUT2D eigenvalue weighted by Crippen LogP contribution is 2.30. The Labute approximate surface area is 147 Å². The van der Waals surface area contributed by atoms with Gasteiger partial charge < -0.3 is 9.47 Å². The van der Waals surface area contributed by atoms with E-state index in [0.717, 1.165) is 30.5 Å². The third kappa shape index (κ3) is 4.38. The summed E-state index contributed by atoms with van der Waals surface area (Å²) in [5.74, 6) is 0.926. The molecule has 5 nitrogen and oxygen atoms in total. The minimum atomic E-state index is -0.707. The fourth-order valence-electron chi connectivity index (χ4n) is 2.58. The SMILES string of the molecule is CCCC/C(=N\NC(=O)C1COc2ccccc2O1)c1ccccc1. The lowest BCUT2D eigenvalue weighted by Gasteiger charge is -2.24. The number of hydrogen-bond acceptors (Lipinski definition) is 4. The molecule has 0 aromatic heterocycles. The summed E-state index contributed by atoms with van der Waals surface area (Å²) in [4.78, 5) is 12.4. The Morgan fingerprint density at radius 1 is 1.12 bits per heavy atom. The molecule has 0 aliphatic carbocycles. The molecule has 0 radical (unpaired) electrons. The zero-order valence-electron chi connectivity index (χ0n) is 14.3. The topological polar surface area (TPSA) is 59.9 Å². The number of ether oxygens (including phenoxy) is 2. The standard InChI is InChI=1S/C20H22N2O3/c1-2-3-11-16(15-9-5-4-6-10-15)21-22-20(23)19-14-24-17-12-7-8-13-18(17)25-19/h4-10,12-13,19H,2-3,11,14H2,1H3,(H,22,23)/b21-16+. The molecule has 0 fully saturated rings. The summed E-state index contributed by atoms with van der Waals surface area (Å²) in [7, 11) is 0. The molecular formula is C20H22N2O3. The van der Waals surface area contributed by atoms with Crippen LogP contribution in [0.5, 0.6) is 11.5 Å². The van der Waals surface area contributed by atoms with Crippen molar-refractivity contribution in [2.24, 2.45) is 5.10 Å². The first-order chi connectivity index (χ1) is 12.3. The van der Waals surface area contributed by atoms with E-state index in [9.17, 15) is 4.79 Å². The van der Waals surface area contributed by atoms with E-state index in [4.69, 9.17) is 9.47 Å². The van der Waals surface area contributed by atoms with Crippen molar-refractivity contribution in [2.45, 2.75) is 32.3 Å². The quantitative estimate of drug-likeness (QED) is 0.647. The molecule has 1 amide bonds. The zero-order valence-corrected chi connectivity index (χ0v) is 14.3. The van der Waals surface area contributed by atoms with Crippen LogP contribution in [0.1, 0.15) is 31.7 Å². The monoisotopic (exact) mass is 338 g/mol. The number of carbonyl (C=O) groups is 1. The molecule has 1 aliphatic rings. The third-order valence-electron chi connectivity index (χ3n) is 3.98. The smallest absolute Gasteiger partial charge is 0.284 e.